The number of nitrogens with one attached hydrogen (secondary N) is 2. The summed E-state index contributed by atoms with van der Waals surface area (Å²) < 4.78 is 5.57. The molecule has 1 aromatic carbocycles. The van der Waals surface area contributed by atoms with Crippen LogP contribution in [0.1, 0.15) is 42.3 Å². The van der Waals surface area contributed by atoms with Crippen molar-refractivity contribution in [2.45, 2.75) is 32.7 Å². The van der Waals surface area contributed by atoms with E-state index in [1.807, 2.05) is 12.1 Å². The number of ether oxygens (including phenoxy) is 1. The van der Waals surface area contributed by atoms with Crippen LogP contribution in [0.2, 0.25) is 0 Å². The van der Waals surface area contributed by atoms with Crippen LogP contribution in [0, 0.1) is 0 Å². The maximum Gasteiger partial charge on any atom is 0.255 e. The van der Waals surface area contributed by atoms with Gasteiger partial charge in [0.15, 0.2) is 0 Å². The van der Waals surface area contributed by atoms with E-state index in [0.717, 1.165) is 11.1 Å². The van der Waals surface area contributed by atoms with Gasteiger partial charge in [-0.15, -0.1) is 0 Å². The molecule has 0 saturated heterocycles. The fraction of sp³-hybridized carbons (Fsp3) is 0.261. The summed E-state index contributed by atoms with van der Waals surface area (Å²) in [5.74, 6) is 0.338. The number of benzene rings is 1. The van der Waals surface area contributed by atoms with Gasteiger partial charge in [0.05, 0.1) is 12.7 Å². The molecule has 3 rings (SSSR count). The third-order valence-corrected chi connectivity index (χ3v) is 4.73. The zero-order chi connectivity index (χ0) is 21.0. The molecule has 29 heavy (non-hydrogen) atoms. The Hall–Kier alpha value is -3.41. The van der Waals surface area contributed by atoms with Crippen LogP contribution in [0.5, 0.6) is 5.75 Å². The van der Waals surface area contributed by atoms with E-state index in [9.17, 15) is 9.59 Å². The summed E-state index contributed by atoms with van der Waals surface area (Å²) >= 11 is 0. The number of carbonyl (C=O) groups is 1. The first-order valence-electron chi connectivity index (χ1n) is 9.39. The summed E-state index contributed by atoms with van der Waals surface area (Å²) in [4.78, 5) is 31.9. The van der Waals surface area contributed by atoms with Gasteiger partial charge in [-0.3, -0.25) is 14.6 Å². The van der Waals surface area contributed by atoms with Crippen LogP contribution in [0.25, 0.3) is 11.1 Å². The summed E-state index contributed by atoms with van der Waals surface area (Å²) in [5.41, 5.74) is 3.08. The van der Waals surface area contributed by atoms with Crippen molar-refractivity contribution in [3.05, 3.63) is 82.0 Å². The van der Waals surface area contributed by atoms with Gasteiger partial charge in [-0.05, 0) is 35.2 Å². The highest BCUT2D eigenvalue weighted by Gasteiger charge is 2.23. The number of nitrogens with zero attached hydrogens (tertiary/aromatic N) is 1. The van der Waals surface area contributed by atoms with E-state index < -0.39 is 0 Å². The Balaban J connectivity index is 1.88. The molecule has 0 atom stereocenters. The predicted octanol–water partition coefficient (Wildman–Crippen LogP) is 3.67. The number of hydrogen-bond acceptors (Lipinski definition) is 4. The predicted molar refractivity (Wildman–Crippen MR) is 113 cm³/mol. The highest BCUT2D eigenvalue weighted by molar-refractivity contribution is 5.97. The fourth-order valence-electron chi connectivity index (χ4n) is 3.25. The van der Waals surface area contributed by atoms with Crippen LogP contribution in [0.4, 0.5) is 0 Å². The number of methoxy groups -OCH3 is 1. The molecular formula is C23H25N3O3. The summed E-state index contributed by atoms with van der Waals surface area (Å²) in [7, 11) is 1.57. The van der Waals surface area contributed by atoms with E-state index in [4.69, 9.17) is 4.74 Å². The Morgan fingerprint density at radius 3 is 2.62 bits per heavy atom. The largest absolute Gasteiger partial charge is 0.496 e. The molecule has 150 valence electrons. The molecule has 0 unspecified atom stereocenters. The number of H-pyrrole nitrogens is 1. The smallest absolute Gasteiger partial charge is 0.255 e. The Bertz CT molecular complexity index is 1080. The minimum absolute atomic E-state index is 0.158. The lowest BCUT2D eigenvalue weighted by molar-refractivity contribution is 0.0947. The van der Waals surface area contributed by atoms with Gasteiger partial charge in [0.2, 0.25) is 0 Å². The molecule has 0 saturated carbocycles. The monoisotopic (exact) mass is 391 g/mol. The standard InChI is InChI=1S/C23H25N3O3/c1-23(2,3)19-9-5-7-17(20(19)29-4)22(28)26-13-15-10-12-24-14-18(15)16-8-6-11-25-21(16)27/h5-12,14H,13H2,1-4H3,(H,25,27)(H,26,28). The number of hydrogen-bond donors (Lipinski definition) is 2. The Morgan fingerprint density at radius 1 is 1.14 bits per heavy atom. The van der Waals surface area contributed by atoms with E-state index in [0.29, 0.717) is 22.4 Å². The third-order valence-electron chi connectivity index (χ3n) is 4.73. The lowest BCUT2D eigenvalue weighted by Gasteiger charge is -2.23. The lowest BCUT2D eigenvalue weighted by Crippen LogP contribution is -2.25. The molecule has 2 heterocycles. The Labute approximate surface area is 170 Å². The molecule has 0 spiro atoms. The maximum atomic E-state index is 12.9. The van der Waals surface area contributed by atoms with Gasteiger partial charge in [-0.2, -0.15) is 0 Å². The van der Waals surface area contributed by atoms with Crippen LogP contribution >= 0.6 is 0 Å². The van der Waals surface area contributed by atoms with Crippen molar-refractivity contribution in [1.29, 1.82) is 0 Å². The normalized spacial score (nSPS) is 11.2. The van der Waals surface area contributed by atoms with Crippen molar-refractivity contribution in [1.82, 2.24) is 15.3 Å². The zero-order valence-corrected chi connectivity index (χ0v) is 17.1. The molecule has 0 aliphatic heterocycles. The molecule has 0 bridgehead atoms. The van der Waals surface area contributed by atoms with Crippen LogP contribution in [-0.4, -0.2) is 23.0 Å². The molecule has 6 nitrogen and oxygen atoms in total. The first-order valence-corrected chi connectivity index (χ1v) is 9.39. The van der Waals surface area contributed by atoms with Crippen molar-refractivity contribution >= 4 is 5.91 Å². The first-order chi connectivity index (χ1) is 13.8. The van der Waals surface area contributed by atoms with E-state index in [-0.39, 0.29) is 23.4 Å². The fourth-order valence-corrected chi connectivity index (χ4v) is 3.25. The molecular weight excluding hydrogens is 366 g/mol. The molecule has 0 aliphatic carbocycles. The van der Waals surface area contributed by atoms with E-state index in [1.54, 1.807) is 50.0 Å². The van der Waals surface area contributed by atoms with Crippen molar-refractivity contribution in [2.75, 3.05) is 7.11 Å². The molecule has 1 amide bonds. The van der Waals surface area contributed by atoms with E-state index in [1.165, 1.54) is 0 Å². The number of amides is 1. The van der Waals surface area contributed by atoms with Gasteiger partial charge >= 0.3 is 0 Å². The summed E-state index contributed by atoms with van der Waals surface area (Å²) in [5, 5.41) is 2.94. The Morgan fingerprint density at radius 2 is 1.93 bits per heavy atom. The van der Waals surface area contributed by atoms with Gasteiger partial charge in [0, 0.05) is 41.8 Å². The molecule has 0 aliphatic rings. The third kappa shape index (κ3) is 4.37. The van der Waals surface area contributed by atoms with Crippen LogP contribution in [0.3, 0.4) is 0 Å². The quantitative estimate of drug-likeness (QED) is 0.695. The van der Waals surface area contributed by atoms with E-state index in [2.05, 4.69) is 36.1 Å². The lowest BCUT2D eigenvalue weighted by atomic mass is 9.85. The molecule has 0 fully saturated rings. The zero-order valence-electron chi connectivity index (χ0n) is 17.1. The van der Waals surface area contributed by atoms with Gasteiger partial charge in [-0.25, -0.2) is 0 Å². The minimum Gasteiger partial charge on any atom is -0.496 e. The maximum absolute atomic E-state index is 12.9. The highest BCUT2D eigenvalue weighted by Crippen LogP contribution is 2.34. The number of carbonyl (C=O) groups excluding carboxylic acids is 1. The average Bonchev–Trinajstić information content (AvgIpc) is 2.71. The molecule has 2 N–H and O–H groups in total. The number of aromatic nitrogens is 2. The topological polar surface area (TPSA) is 84.1 Å². The van der Waals surface area contributed by atoms with Crippen LogP contribution < -0.4 is 15.6 Å². The number of rotatable bonds is 5. The van der Waals surface area contributed by atoms with Crippen molar-refractivity contribution in [2.24, 2.45) is 0 Å². The highest BCUT2D eigenvalue weighted by atomic mass is 16.5. The molecule has 3 aromatic rings. The van der Waals surface area contributed by atoms with Crippen molar-refractivity contribution in [3.8, 4) is 16.9 Å². The van der Waals surface area contributed by atoms with Gasteiger partial charge < -0.3 is 15.0 Å². The van der Waals surface area contributed by atoms with Gasteiger partial charge in [-0.1, -0.05) is 32.9 Å². The second-order valence-corrected chi connectivity index (χ2v) is 7.76. The van der Waals surface area contributed by atoms with Crippen LogP contribution in [-0.2, 0) is 12.0 Å². The SMILES string of the molecule is COc1c(C(=O)NCc2ccncc2-c2ccc[nH]c2=O)cccc1C(C)(C)C. The van der Waals surface area contributed by atoms with Crippen LogP contribution in [0.15, 0.2) is 59.8 Å². The summed E-state index contributed by atoms with van der Waals surface area (Å²) in [6, 6.07) is 10.9. The summed E-state index contributed by atoms with van der Waals surface area (Å²) in [6.45, 7) is 6.49. The first kappa shape index (κ1) is 20.3. The van der Waals surface area contributed by atoms with Gasteiger partial charge in [0.25, 0.3) is 11.5 Å². The number of pyridine rings is 2. The summed E-state index contributed by atoms with van der Waals surface area (Å²) in [6.07, 6.45) is 4.86. The molecule has 6 heteroatoms. The Kier molecular flexibility index (Phi) is 5.82. The number of aromatic amines is 1. The second kappa shape index (κ2) is 8.31. The minimum atomic E-state index is -0.238. The van der Waals surface area contributed by atoms with Crippen molar-refractivity contribution in [3.63, 3.8) is 0 Å². The molecule has 2 aromatic heterocycles. The van der Waals surface area contributed by atoms with E-state index >= 15 is 0 Å². The van der Waals surface area contributed by atoms with Crippen molar-refractivity contribution < 1.29 is 9.53 Å². The second-order valence-electron chi connectivity index (χ2n) is 7.76. The average molecular weight is 391 g/mol. The number of para-hydroxylation sites is 1. The van der Waals surface area contributed by atoms with Gasteiger partial charge in [0.1, 0.15) is 5.75 Å². The molecule has 0 radical (unpaired) electrons.